The lowest BCUT2D eigenvalue weighted by Gasteiger charge is -2.32. The Morgan fingerprint density at radius 1 is 1.37 bits per heavy atom. The normalized spacial score (nSPS) is 26.4. The van der Waals surface area contributed by atoms with Crippen molar-refractivity contribution in [2.75, 3.05) is 26.4 Å². The van der Waals surface area contributed by atoms with Crippen LogP contribution in [0.5, 0.6) is 0 Å². The van der Waals surface area contributed by atoms with Crippen LogP contribution >= 0.6 is 0 Å². The van der Waals surface area contributed by atoms with Gasteiger partial charge in [0.15, 0.2) is 5.96 Å². The number of aliphatic imine (C=N–C) groups is 1. The highest BCUT2D eigenvalue weighted by Crippen LogP contribution is 2.25. The summed E-state index contributed by atoms with van der Waals surface area (Å²) in [4.78, 5) is 6.38. The molecule has 19 heavy (non-hydrogen) atoms. The van der Waals surface area contributed by atoms with Gasteiger partial charge in [-0.05, 0) is 25.7 Å². The van der Waals surface area contributed by atoms with Crippen molar-refractivity contribution >= 4 is 16.0 Å². The van der Waals surface area contributed by atoms with Gasteiger partial charge in [-0.2, -0.15) is 4.31 Å². The molecular formula is C12H24N4O2S. The molecule has 1 saturated heterocycles. The summed E-state index contributed by atoms with van der Waals surface area (Å²) in [6.07, 6.45) is 6.48. The van der Waals surface area contributed by atoms with Crippen LogP contribution in [0.1, 0.15) is 32.1 Å². The molecule has 6 nitrogen and oxygen atoms in total. The lowest BCUT2D eigenvalue weighted by atomic mass is 10.1. The predicted molar refractivity (Wildman–Crippen MR) is 76.5 cm³/mol. The number of nitrogens with two attached hydrogens (primary N) is 1. The Labute approximate surface area is 115 Å². The second kappa shape index (κ2) is 5.66. The number of nitrogens with zero attached hydrogens (tertiary/aromatic N) is 3. The number of hydrogen-bond donors (Lipinski definition) is 1. The average Bonchev–Trinajstić information content (AvgIpc) is 3.18. The fraction of sp³-hybridized carbons (Fsp3) is 0.917. The van der Waals surface area contributed by atoms with Gasteiger partial charge in [-0.3, -0.25) is 4.99 Å². The van der Waals surface area contributed by atoms with Gasteiger partial charge in [0.2, 0.25) is 10.0 Å². The zero-order valence-corrected chi connectivity index (χ0v) is 12.6. The Morgan fingerprint density at radius 2 is 2.05 bits per heavy atom. The van der Waals surface area contributed by atoms with Crippen molar-refractivity contribution in [1.82, 2.24) is 9.21 Å². The van der Waals surface area contributed by atoms with E-state index >= 15 is 0 Å². The Hall–Kier alpha value is -0.820. The van der Waals surface area contributed by atoms with Gasteiger partial charge in [-0.1, -0.05) is 6.42 Å². The van der Waals surface area contributed by atoms with Crippen molar-refractivity contribution in [3.63, 3.8) is 0 Å². The summed E-state index contributed by atoms with van der Waals surface area (Å²) in [7, 11) is -1.19. The number of piperidine rings is 1. The molecule has 2 aliphatic rings. The maximum Gasteiger partial charge on any atom is 0.211 e. The zero-order valence-electron chi connectivity index (χ0n) is 11.7. The van der Waals surface area contributed by atoms with Crippen LogP contribution in [-0.4, -0.2) is 62.1 Å². The molecule has 0 radical (unpaired) electrons. The van der Waals surface area contributed by atoms with Crippen molar-refractivity contribution in [1.29, 1.82) is 0 Å². The Morgan fingerprint density at radius 3 is 2.63 bits per heavy atom. The molecule has 2 rings (SSSR count). The number of sulfonamides is 1. The second-order valence-electron chi connectivity index (χ2n) is 5.56. The van der Waals surface area contributed by atoms with Gasteiger partial charge in [0.05, 0.1) is 12.8 Å². The topological polar surface area (TPSA) is 79.0 Å². The number of guanidine groups is 1. The van der Waals surface area contributed by atoms with Crippen LogP contribution in [0.15, 0.2) is 4.99 Å². The van der Waals surface area contributed by atoms with Crippen molar-refractivity contribution in [2.45, 2.75) is 44.2 Å². The van der Waals surface area contributed by atoms with E-state index in [4.69, 9.17) is 5.73 Å². The highest BCUT2D eigenvalue weighted by molar-refractivity contribution is 7.88. The quantitative estimate of drug-likeness (QED) is 0.592. The van der Waals surface area contributed by atoms with Gasteiger partial charge in [0.1, 0.15) is 0 Å². The van der Waals surface area contributed by atoms with E-state index in [1.54, 1.807) is 4.31 Å². The van der Waals surface area contributed by atoms with Crippen molar-refractivity contribution in [3.8, 4) is 0 Å². The maximum absolute atomic E-state index is 11.7. The van der Waals surface area contributed by atoms with E-state index in [0.29, 0.717) is 25.1 Å². The first-order valence-corrected chi connectivity index (χ1v) is 8.74. The minimum atomic E-state index is -3.14. The summed E-state index contributed by atoms with van der Waals surface area (Å²) in [6, 6.07) is 0.496. The van der Waals surface area contributed by atoms with Gasteiger partial charge < -0.3 is 10.6 Å². The molecule has 0 bridgehead atoms. The molecule has 2 N–H and O–H groups in total. The molecular weight excluding hydrogens is 264 g/mol. The van der Waals surface area contributed by atoms with Gasteiger partial charge in [-0.15, -0.1) is 0 Å². The smallest absolute Gasteiger partial charge is 0.211 e. The SMILES string of the molecule is CN(C(N)=NCC1CCCCN1S(C)(=O)=O)C1CC1. The molecule has 0 spiro atoms. The average molecular weight is 288 g/mol. The van der Waals surface area contributed by atoms with E-state index < -0.39 is 10.0 Å². The summed E-state index contributed by atoms with van der Waals surface area (Å²) < 4.78 is 25.0. The number of rotatable bonds is 4. The van der Waals surface area contributed by atoms with E-state index in [2.05, 4.69) is 4.99 Å². The van der Waals surface area contributed by atoms with E-state index in [0.717, 1.165) is 19.3 Å². The zero-order chi connectivity index (χ0) is 14.0. The highest BCUT2D eigenvalue weighted by Gasteiger charge is 2.30. The summed E-state index contributed by atoms with van der Waals surface area (Å²) >= 11 is 0. The lowest BCUT2D eigenvalue weighted by molar-refractivity contribution is 0.259. The minimum absolute atomic E-state index is 0.0325. The van der Waals surface area contributed by atoms with Crippen LogP contribution in [-0.2, 0) is 10.0 Å². The maximum atomic E-state index is 11.7. The van der Waals surface area contributed by atoms with E-state index in [1.807, 2.05) is 11.9 Å². The molecule has 7 heteroatoms. The van der Waals surface area contributed by atoms with Crippen LogP contribution in [0.3, 0.4) is 0 Å². The molecule has 1 aliphatic heterocycles. The largest absolute Gasteiger partial charge is 0.370 e. The van der Waals surface area contributed by atoms with Gasteiger partial charge in [0.25, 0.3) is 0 Å². The van der Waals surface area contributed by atoms with E-state index in [9.17, 15) is 8.42 Å². The fourth-order valence-corrected chi connectivity index (χ4v) is 3.73. The van der Waals surface area contributed by atoms with Crippen molar-refractivity contribution < 1.29 is 8.42 Å². The summed E-state index contributed by atoms with van der Waals surface area (Å²) in [5.74, 6) is 0.529. The molecule has 0 aromatic heterocycles. The third-order valence-corrected chi connectivity index (χ3v) is 5.25. The van der Waals surface area contributed by atoms with Crippen LogP contribution in [0.4, 0.5) is 0 Å². The Kier molecular flexibility index (Phi) is 4.35. The summed E-state index contributed by atoms with van der Waals surface area (Å²) in [6.45, 7) is 1.08. The van der Waals surface area contributed by atoms with Gasteiger partial charge in [-0.25, -0.2) is 8.42 Å². The molecule has 110 valence electrons. The third kappa shape index (κ3) is 3.82. The third-order valence-electron chi connectivity index (χ3n) is 3.92. The highest BCUT2D eigenvalue weighted by atomic mass is 32.2. The minimum Gasteiger partial charge on any atom is -0.370 e. The molecule has 1 saturated carbocycles. The van der Waals surface area contributed by atoms with E-state index in [1.165, 1.54) is 19.1 Å². The number of hydrogen-bond acceptors (Lipinski definition) is 3. The first kappa shape index (κ1) is 14.6. The molecule has 1 aliphatic carbocycles. The van der Waals surface area contributed by atoms with Crippen molar-refractivity contribution in [2.24, 2.45) is 10.7 Å². The Balaban J connectivity index is 1.97. The molecule has 2 fully saturated rings. The molecule has 0 aromatic rings. The van der Waals surface area contributed by atoms with Crippen LogP contribution < -0.4 is 5.73 Å². The van der Waals surface area contributed by atoms with Crippen LogP contribution in [0, 0.1) is 0 Å². The van der Waals surface area contributed by atoms with Crippen LogP contribution in [0.2, 0.25) is 0 Å². The fourth-order valence-electron chi connectivity index (χ4n) is 2.55. The molecule has 0 amide bonds. The molecule has 1 atom stereocenters. The first-order valence-electron chi connectivity index (χ1n) is 6.89. The Bertz CT molecular complexity index is 445. The molecule has 1 unspecified atom stereocenters. The predicted octanol–water partition coefficient (Wildman–Crippen LogP) is 0.209. The summed E-state index contributed by atoms with van der Waals surface area (Å²) in [5, 5.41) is 0. The monoisotopic (exact) mass is 288 g/mol. The van der Waals surface area contributed by atoms with Crippen LogP contribution in [0.25, 0.3) is 0 Å². The molecule has 0 aromatic carbocycles. The van der Waals surface area contributed by atoms with Gasteiger partial charge >= 0.3 is 0 Å². The van der Waals surface area contributed by atoms with E-state index in [-0.39, 0.29) is 6.04 Å². The summed E-state index contributed by atoms with van der Waals surface area (Å²) in [5.41, 5.74) is 5.94. The first-order chi connectivity index (χ1) is 8.89. The molecule has 1 heterocycles. The standard InChI is InChI=1S/C12H24N4O2S/c1-15(10-6-7-10)12(13)14-9-11-5-3-4-8-16(11)19(2,17)18/h10-11H,3-9H2,1-2H3,(H2,13,14). The van der Waals surface area contributed by atoms with Gasteiger partial charge in [0, 0.05) is 25.7 Å². The van der Waals surface area contributed by atoms with Crippen molar-refractivity contribution in [3.05, 3.63) is 0 Å². The lowest BCUT2D eigenvalue weighted by Crippen LogP contribution is -2.45. The second-order valence-corrected chi connectivity index (χ2v) is 7.50.